The van der Waals surface area contributed by atoms with Crippen LogP contribution >= 0.6 is 0 Å². The van der Waals surface area contributed by atoms with Gasteiger partial charge in [0.15, 0.2) is 0 Å². The van der Waals surface area contributed by atoms with Crippen LogP contribution in [0.5, 0.6) is 0 Å². The molecule has 0 saturated heterocycles. The Morgan fingerprint density at radius 3 is 2.29 bits per heavy atom. The van der Waals surface area contributed by atoms with Crippen LogP contribution in [0.4, 0.5) is 0 Å². The van der Waals surface area contributed by atoms with Gasteiger partial charge in [-0.15, -0.1) is 0 Å². The molecule has 1 aliphatic carbocycles. The van der Waals surface area contributed by atoms with Gasteiger partial charge >= 0.3 is 5.97 Å². The van der Waals surface area contributed by atoms with Crippen LogP contribution in [0.3, 0.4) is 0 Å². The summed E-state index contributed by atoms with van der Waals surface area (Å²) in [7, 11) is 0. The molecule has 0 heterocycles. The molecular formula is C12H18N2O3. The van der Waals surface area contributed by atoms with E-state index in [2.05, 4.69) is 5.32 Å². The number of carboxylic acids is 1. The van der Waals surface area contributed by atoms with Crippen LogP contribution in [0.15, 0.2) is 11.3 Å². The molecule has 0 bridgehead atoms. The second kappa shape index (κ2) is 4.69. The van der Waals surface area contributed by atoms with Crippen molar-refractivity contribution >= 4 is 18.0 Å². The van der Waals surface area contributed by atoms with Gasteiger partial charge in [-0.25, -0.2) is 4.79 Å². The van der Waals surface area contributed by atoms with Gasteiger partial charge in [0.25, 0.3) is 0 Å². The van der Waals surface area contributed by atoms with Crippen molar-refractivity contribution in [2.24, 2.45) is 5.41 Å². The summed E-state index contributed by atoms with van der Waals surface area (Å²) < 4.78 is 0. The molecule has 0 unspecified atom stereocenters. The number of hydrogen-bond donors (Lipinski definition) is 3. The van der Waals surface area contributed by atoms with Crippen LogP contribution in [0.2, 0.25) is 0 Å². The van der Waals surface area contributed by atoms with Gasteiger partial charge in [-0.1, -0.05) is 6.92 Å². The van der Waals surface area contributed by atoms with Crippen molar-refractivity contribution < 1.29 is 14.7 Å². The number of nitrogens with one attached hydrogen (secondary N) is 2. The van der Waals surface area contributed by atoms with Crippen molar-refractivity contribution in [1.82, 2.24) is 5.32 Å². The van der Waals surface area contributed by atoms with Crippen LogP contribution in [-0.4, -0.2) is 29.1 Å². The predicted molar refractivity (Wildman–Crippen MR) is 64.1 cm³/mol. The van der Waals surface area contributed by atoms with Crippen LogP contribution in [0.25, 0.3) is 0 Å². The summed E-state index contributed by atoms with van der Waals surface area (Å²) >= 11 is 0. The molecule has 0 amide bonds. The first kappa shape index (κ1) is 13.4. The number of aliphatic carboxylic acids is 1. The Hall–Kier alpha value is -1.65. The first-order valence-corrected chi connectivity index (χ1v) is 5.52. The van der Waals surface area contributed by atoms with E-state index in [9.17, 15) is 9.59 Å². The quantitative estimate of drug-likeness (QED) is 0.498. The minimum absolute atomic E-state index is 0.0403. The van der Waals surface area contributed by atoms with Crippen molar-refractivity contribution in [3.63, 3.8) is 0 Å². The topological polar surface area (TPSA) is 90.3 Å². The highest BCUT2D eigenvalue weighted by molar-refractivity contribution is 6.08. The molecule has 5 nitrogen and oxygen atoms in total. The molecule has 1 saturated carbocycles. The summed E-state index contributed by atoms with van der Waals surface area (Å²) in [5.74, 6) is -0.943. The first-order valence-electron chi connectivity index (χ1n) is 5.52. The molecule has 17 heavy (non-hydrogen) atoms. The maximum atomic E-state index is 11.3. The summed E-state index contributed by atoms with van der Waals surface area (Å²) in [5.41, 5.74) is 0.163. The molecule has 3 N–H and O–H groups in total. The van der Waals surface area contributed by atoms with Crippen LogP contribution in [-0.2, 0) is 9.59 Å². The molecule has 0 atom stereocenters. The van der Waals surface area contributed by atoms with Crippen molar-refractivity contribution in [2.75, 3.05) is 0 Å². The number of allylic oxidation sites excluding steroid dienone is 1. The molecule has 94 valence electrons. The minimum atomic E-state index is -1.11. The number of carboxylic acid groups (broad SMARTS) is 1. The zero-order valence-corrected chi connectivity index (χ0v) is 10.3. The number of carbonyl (C=O) groups excluding carboxylic acids is 1. The molecule has 0 aromatic heterocycles. The Bertz CT molecular complexity index is 393. The molecule has 1 rings (SSSR count). The molecule has 0 aromatic carbocycles. The lowest BCUT2D eigenvalue weighted by molar-refractivity contribution is -0.133. The lowest BCUT2D eigenvalue weighted by Gasteiger charge is -2.44. The van der Waals surface area contributed by atoms with Crippen LogP contribution in [0.1, 0.15) is 33.6 Å². The van der Waals surface area contributed by atoms with Gasteiger partial charge in [-0.2, -0.15) is 0 Å². The van der Waals surface area contributed by atoms with E-state index in [0.29, 0.717) is 18.5 Å². The highest BCUT2D eigenvalue weighted by atomic mass is 16.4. The zero-order chi connectivity index (χ0) is 13.2. The largest absolute Gasteiger partial charge is 0.478 e. The number of carbonyl (C=O) groups is 2. The lowest BCUT2D eigenvalue weighted by atomic mass is 9.64. The highest BCUT2D eigenvalue weighted by Gasteiger charge is 2.43. The third-order valence-corrected chi connectivity index (χ3v) is 3.44. The van der Waals surface area contributed by atoms with Gasteiger partial charge in [-0.05, 0) is 26.7 Å². The first-order chi connectivity index (χ1) is 7.80. The van der Waals surface area contributed by atoms with E-state index in [-0.39, 0.29) is 22.8 Å². The van der Waals surface area contributed by atoms with E-state index < -0.39 is 5.97 Å². The smallest absolute Gasteiger partial charge is 0.338 e. The molecular weight excluding hydrogens is 220 g/mol. The molecule has 1 aliphatic rings. The molecule has 0 aromatic rings. The summed E-state index contributed by atoms with van der Waals surface area (Å²) in [6.07, 6.45) is 2.25. The molecule has 5 heteroatoms. The third kappa shape index (κ3) is 2.72. The SMILES string of the molecule is C/C(N[C@H]1C[C@](C)(C(C)=O)C1)=C(/C=N)C(=O)O. The van der Waals surface area contributed by atoms with Crippen molar-refractivity contribution in [3.8, 4) is 0 Å². The van der Waals surface area contributed by atoms with E-state index in [0.717, 1.165) is 6.21 Å². The molecule has 0 spiro atoms. The third-order valence-electron chi connectivity index (χ3n) is 3.44. The van der Waals surface area contributed by atoms with Gasteiger partial charge in [0, 0.05) is 23.4 Å². The van der Waals surface area contributed by atoms with Crippen molar-refractivity contribution in [3.05, 3.63) is 11.3 Å². The fourth-order valence-corrected chi connectivity index (χ4v) is 2.13. The van der Waals surface area contributed by atoms with Crippen LogP contribution in [0, 0.1) is 10.8 Å². The monoisotopic (exact) mass is 238 g/mol. The Morgan fingerprint density at radius 1 is 1.41 bits per heavy atom. The van der Waals surface area contributed by atoms with Gasteiger partial charge in [0.2, 0.25) is 0 Å². The molecule has 0 radical (unpaired) electrons. The van der Waals surface area contributed by atoms with E-state index >= 15 is 0 Å². The fourth-order valence-electron chi connectivity index (χ4n) is 2.13. The van der Waals surface area contributed by atoms with Gasteiger partial charge in [0.05, 0.1) is 5.57 Å². The fraction of sp³-hybridized carbons (Fsp3) is 0.583. The summed E-state index contributed by atoms with van der Waals surface area (Å²) in [5, 5.41) is 18.9. The van der Waals surface area contributed by atoms with Gasteiger partial charge in [-0.3, -0.25) is 4.79 Å². The van der Waals surface area contributed by atoms with E-state index in [1.54, 1.807) is 13.8 Å². The summed E-state index contributed by atoms with van der Waals surface area (Å²) in [6.45, 7) is 5.14. The average Bonchev–Trinajstić information content (AvgIpc) is 2.14. The second-order valence-electron chi connectivity index (χ2n) is 4.85. The Kier molecular flexibility index (Phi) is 3.70. The van der Waals surface area contributed by atoms with Gasteiger partial charge < -0.3 is 15.8 Å². The van der Waals surface area contributed by atoms with Crippen molar-refractivity contribution in [1.29, 1.82) is 5.41 Å². The average molecular weight is 238 g/mol. The maximum Gasteiger partial charge on any atom is 0.338 e. The second-order valence-corrected chi connectivity index (χ2v) is 4.85. The standard InChI is InChI=1S/C12H18N2O3/c1-7(10(6-13)11(16)17)14-9-4-12(3,5-9)8(2)15/h6,9,13-14H,4-5H2,1-3H3,(H,16,17)/b10-7+,13-6?/t9-,12-. The van der Waals surface area contributed by atoms with E-state index in [1.807, 2.05) is 6.92 Å². The number of Topliss-reactive ketones (excluding diaryl/α,β-unsaturated/α-hetero) is 1. The lowest BCUT2D eigenvalue weighted by Crippen LogP contribution is -2.50. The number of rotatable bonds is 5. The minimum Gasteiger partial charge on any atom is -0.478 e. The Balaban J connectivity index is 2.62. The van der Waals surface area contributed by atoms with E-state index in [1.165, 1.54) is 0 Å². The zero-order valence-electron chi connectivity index (χ0n) is 10.3. The Labute approximate surface area is 100 Å². The Morgan fingerprint density at radius 2 is 1.94 bits per heavy atom. The normalized spacial score (nSPS) is 28.8. The highest BCUT2D eigenvalue weighted by Crippen LogP contribution is 2.41. The maximum absolute atomic E-state index is 11.3. The number of ketones is 1. The number of hydrogen-bond acceptors (Lipinski definition) is 4. The van der Waals surface area contributed by atoms with E-state index in [4.69, 9.17) is 10.5 Å². The summed E-state index contributed by atoms with van der Waals surface area (Å²) in [6, 6.07) is 0.123. The summed E-state index contributed by atoms with van der Waals surface area (Å²) in [4.78, 5) is 22.1. The molecule has 0 aliphatic heterocycles. The van der Waals surface area contributed by atoms with Gasteiger partial charge in [0.1, 0.15) is 5.78 Å². The van der Waals surface area contributed by atoms with Crippen LogP contribution < -0.4 is 5.32 Å². The predicted octanol–water partition coefficient (Wildman–Crippen LogP) is 1.34. The van der Waals surface area contributed by atoms with Crippen molar-refractivity contribution in [2.45, 2.75) is 39.7 Å². The molecule has 1 fully saturated rings.